The molecule has 4 amide bonds. The number of hydrogen-bond donors (Lipinski definition) is 8. The fraction of sp³-hybridized carbons (Fsp3) is 0.381. The van der Waals surface area contributed by atoms with E-state index in [4.69, 9.17) is 11.5 Å². The average molecular weight is 476 g/mol. The molecule has 10 N–H and O–H groups in total. The van der Waals surface area contributed by atoms with Crippen molar-refractivity contribution in [3.63, 3.8) is 0 Å². The first-order valence-electron chi connectivity index (χ1n) is 10.4. The molecule has 0 fully saturated rings. The number of H-pyrrole nitrogens is 1. The van der Waals surface area contributed by atoms with Crippen molar-refractivity contribution in [2.75, 3.05) is 13.2 Å². The number of carboxylic acids is 1. The number of nitrogens with one attached hydrogen (secondary N) is 4. The average Bonchev–Trinajstić information content (AvgIpc) is 3.21. The first-order chi connectivity index (χ1) is 16.1. The van der Waals surface area contributed by atoms with Crippen LogP contribution in [0.3, 0.4) is 0 Å². The number of rotatable bonds is 13. The van der Waals surface area contributed by atoms with Gasteiger partial charge in [-0.3, -0.25) is 19.2 Å². The number of carbonyl (C=O) groups is 5. The number of carbonyl (C=O) groups excluding carboxylic acids is 4. The molecule has 13 nitrogen and oxygen atoms in total. The van der Waals surface area contributed by atoms with Crippen molar-refractivity contribution in [3.8, 4) is 0 Å². The number of aromatic amines is 1. The van der Waals surface area contributed by atoms with Crippen molar-refractivity contribution in [1.82, 2.24) is 20.9 Å². The monoisotopic (exact) mass is 476 g/mol. The van der Waals surface area contributed by atoms with Crippen LogP contribution in [0.5, 0.6) is 0 Å². The van der Waals surface area contributed by atoms with Gasteiger partial charge in [0, 0.05) is 29.9 Å². The van der Waals surface area contributed by atoms with Gasteiger partial charge in [-0.05, 0) is 18.1 Å². The van der Waals surface area contributed by atoms with Gasteiger partial charge in [-0.1, -0.05) is 18.2 Å². The molecular formula is C21H28N6O7. The van der Waals surface area contributed by atoms with E-state index in [1.165, 1.54) is 0 Å². The van der Waals surface area contributed by atoms with Crippen molar-refractivity contribution < 1.29 is 34.2 Å². The zero-order chi connectivity index (χ0) is 25.3. The van der Waals surface area contributed by atoms with Crippen LogP contribution in [-0.2, 0) is 30.4 Å². The second-order valence-electron chi connectivity index (χ2n) is 7.59. The molecule has 3 atom stereocenters. The van der Waals surface area contributed by atoms with Crippen molar-refractivity contribution in [1.29, 1.82) is 0 Å². The van der Waals surface area contributed by atoms with Crippen LogP contribution in [0, 0.1) is 0 Å². The molecule has 1 aromatic carbocycles. The Labute approximate surface area is 194 Å². The molecule has 13 heteroatoms. The largest absolute Gasteiger partial charge is 0.480 e. The highest BCUT2D eigenvalue weighted by molar-refractivity contribution is 5.93. The summed E-state index contributed by atoms with van der Waals surface area (Å²) in [6, 6.07) is 3.44. The molecule has 0 bridgehead atoms. The van der Waals surface area contributed by atoms with Crippen LogP contribution in [0.2, 0.25) is 0 Å². The Bertz CT molecular complexity index is 1050. The van der Waals surface area contributed by atoms with Crippen LogP contribution in [0.25, 0.3) is 10.9 Å². The summed E-state index contributed by atoms with van der Waals surface area (Å²) in [5.41, 5.74) is 12.1. The molecule has 0 saturated heterocycles. The summed E-state index contributed by atoms with van der Waals surface area (Å²) in [7, 11) is 0. The number of aliphatic hydroxyl groups excluding tert-OH is 1. The van der Waals surface area contributed by atoms with E-state index in [2.05, 4.69) is 20.9 Å². The lowest BCUT2D eigenvalue weighted by Crippen LogP contribution is -2.55. The highest BCUT2D eigenvalue weighted by atomic mass is 16.4. The maximum Gasteiger partial charge on any atom is 0.326 e. The summed E-state index contributed by atoms with van der Waals surface area (Å²) in [5, 5.41) is 26.6. The van der Waals surface area contributed by atoms with Crippen molar-refractivity contribution in [2.24, 2.45) is 11.5 Å². The van der Waals surface area contributed by atoms with Crippen LogP contribution < -0.4 is 27.4 Å². The van der Waals surface area contributed by atoms with Crippen LogP contribution >= 0.6 is 0 Å². The summed E-state index contributed by atoms with van der Waals surface area (Å²) >= 11 is 0. The van der Waals surface area contributed by atoms with Gasteiger partial charge in [-0.2, -0.15) is 0 Å². The fourth-order valence-corrected chi connectivity index (χ4v) is 3.16. The zero-order valence-electron chi connectivity index (χ0n) is 18.2. The molecule has 2 rings (SSSR count). The fourth-order valence-electron chi connectivity index (χ4n) is 3.16. The van der Waals surface area contributed by atoms with Gasteiger partial charge in [0.15, 0.2) is 0 Å². The Morgan fingerprint density at radius 3 is 2.38 bits per heavy atom. The molecule has 0 aliphatic rings. The molecule has 0 aliphatic heterocycles. The van der Waals surface area contributed by atoms with E-state index in [0.29, 0.717) is 5.56 Å². The van der Waals surface area contributed by atoms with Gasteiger partial charge < -0.3 is 42.6 Å². The SMILES string of the molecule is NC(=O)CCC(N)C(=O)NCC(=O)NC(CO)C(=O)NC(Cc1c[nH]c2ccccc12)C(=O)O. The Morgan fingerprint density at radius 1 is 1.03 bits per heavy atom. The summed E-state index contributed by atoms with van der Waals surface area (Å²) in [6.45, 7) is -1.35. The van der Waals surface area contributed by atoms with E-state index in [0.717, 1.165) is 10.9 Å². The van der Waals surface area contributed by atoms with Crippen molar-refractivity contribution >= 4 is 40.5 Å². The second-order valence-corrected chi connectivity index (χ2v) is 7.59. The molecule has 1 aromatic heterocycles. The maximum absolute atomic E-state index is 12.5. The number of benzene rings is 1. The number of nitrogens with two attached hydrogens (primary N) is 2. The lowest BCUT2D eigenvalue weighted by atomic mass is 10.0. The van der Waals surface area contributed by atoms with E-state index in [-0.39, 0.29) is 19.3 Å². The minimum atomic E-state index is -1.45. The highest BCUT2D eigenvalue weighted by Crippen LogP contribution is 2.19. The van der Waals surface area contributed by atoms with Gasteiger partial charge in [0.1, 0.15) is 12.1 Å². The molecule has 34 heavy (non-hydrogen) atoms. The molecule has 3 unspecified atom stereocenters. The lowest BCUT2D eigenvalue weighted by molar-refractivity contribution is -0.142. The molecule has 0 spiro atoms. The molecule has 0 aliphatic carbocycles. The van der Waals surface area contributed by atoms with Crippen LogP contribution in [0.4, 0.5) is 0 Å². The standard InChI is InChI=1S/C21H28N6O7/c22-13(5-6-17(23)29)19(31)25-9-18(30)26-16(10-28)20(32)27-15(21(33)34)7-11-8-24-14-4-2-1-3-12(11)14/h1-4,8,13,15-16,24,28H,5-7,9-10,22H2,(H2,23,29)(H,25,31)(H,26,30)(H,27,32)(H,33,34). The van der Waals surface area contributed by atoms with Gasteiger partial charge in [-0.25, -0.2) is 4.79 Å². The smallest absolute Gasteiger partial charge is 0.326 e. The van der Waals surface area contributed by atoms with E-state index in [9.17, 15) is 34.2 Å². The first kappa shape index (κ1) is 26.3. The number of aliphatic carboxylic acids is 1. The van der Waals surface area contributed by atoms with E-state index < -0.39 is 60.9 Å². The number of para-hydroxylation sites is 1. The minimum Gasteiger partial charge on any atom is -0.480 e. The Balaban J connectivity index is 1.91. The van der Waals surface area contributed by atoms with Crippen LogP contribution in [0.1, 0.15) is 18.4 Å². The number of fused-ring (bicyclic) bond motifs is 1. The molecule has 1 heterocycles. The summed E-state index contributed by atoms with van der Waals surface area (Å²) in [5.74, 6) is -4.34. The number of carboxylic acid groups (broad SMARTS) is 1. The summed E-state index contributed by atoms with van der Waals surface area (Å²) in [4.78, 5) is 61.9. The molecular weight excluding hydrogens is 448 g/mol. The van der Waals surface area contributed by atoms with Crippen molar-refractivity contribution in [2.45, 2.75) is 37.4 Å². The van der Waals surface area contributed by atoms with E-state index >= 15 is 0 Å². The van der Waals surface area contributed by atoms with Gasteiger partial charge >= 0.3 is 5.97 Å². The van der Waals surface area contributed by atoms with Gasteiger partial charge in [0.25, 0.3) is 0 Å². The third-order valence-electron chi connectivity index (χ3n) is 5.01. The Kier molecular flexibility index (Phi) is 9.52. The van der Waals surface area contributed by atoms with Crippen molar-refractivity contribution in [3.05, 3.63) is 36.0 Å². The first-order valence-corrected chi connectivity index (χ1v) is 10.4. The topological polar surface area (TPSA) is 230 Å². The number of aromatic nitrogens is 1. The normalized spacial score (nSPS) is 13.5. The third-order valence-corrected chi connectivity index (χ3v) is 5.01. The molecule has 184 valence electrons. The van der Waals surface area contributed by atoms with Gasteiger partial charge in [0.05, 0.1) is 19.2 Å². The predicted molar refractivity (Wildman–Crippen MR) is 120 cm³/mol. The van der Waals surface area contributed by atoms with Crippen LogP contribution in [0.15, 0.2) is 30.5 Å². The molecule has 0 radical (unpaired) electrons. The van der Waals surface area contributed by atoms with Gasteiger partial charge in [-0.15, -0.1) is 0 Å². The van der Waals surface area contributed by atoms with E-state index in [1.807, 2.05) is 18.2 Å². The number of aliphatic hydroxyl groups is 1. The highest BCUT2D eigenvalue weighted by Gasteiger charge is 2.27. The Hall–Kier alpha value is -3.97. The summed E-state index contributed by atoms with van der Waals surface area (Å²) in [6.07, 6.45) is 1.51. The zero-order valence-corrected chi connectivity index (χ0v) is 18.2. The Morgan fingerprint density at radius 2 is 1.74 bits per heavy atom. The lowest BCUT2D eigenvalue weighted by Gasteiger charge is -2.20. The summed E-state index contributed by atoms with van der Waals surface area (Å²) < 4.78 is 0. The van der Waals surface area contributed by atoms with Gasteiger partial charge in [0.2, 0.25) is 23.6 Å². The second kappa shape index (κ2) is 12.3. The third kappa shape index (κ3) is 7.56. The van der Waals surface area contributed by atoms with E-state index in [1.54, 1.807) is 12.3 Å². The minimum absolute atomic E-state index is 0.00252. The quantitative estimate of drug-likeness (QED) is 0.153. The number of amides is 4. The number of hydrogen-bond acceptors (Lipinski definition) is 7. The molecule has 2 aromatic rings. The molecule has 0 saturated carbocycles. The number of primary amides is 1. The predicted octanol–water partition coefficient (Wildman–Crippen LogP) is -2.53. The maximum atomic E-state index is 12.5. The van der Waals surface area contributed by atoms with Crippen LogP contribution in [-0.4, -0.2) is 76.1 Å².